The van der Waals surface area contributed by atoms with Crippen LogP contribution in [0.15, 0.2) is 83.3 Å². The van der Waals surface area contributed by atoms with Gasteiger partial charge < -0.3 is 9.73 Å². The minimum atomic E-state index is -0.571. The van der Waals surface area contributed by atoms with E-state index in [1.165, 1.54) is 0 Å². The molecule has 1 amide bonds. The third-order valence-electron chi connectivity index (χ3n) is 4.50. The first-order valence-corrected chi connectivity index (χ1v) is 9.50. The maximum Gasteiger partial charge on any atom is 0.252 e. The highest BCUT2D eigenvalue weighted by Crippen LogP contribution is 2.26. The summed E-state index contributed by atoms with van der Waals surface area (Å²) in [6.45, 7) is 1.98. The molecule has 0 bridgehead atoms. The van der Waals surface area contributed by atoms with Crippen molar-refractivity contribution in [2.24, 2.45) is 0 Å². The molecule has 0 spiro atoms. The molecule has 0 aliphatic rings. The first-order valence-electron chi connectivity index (χ1n) is 9.12. The van der Waals surface area contributed by atoms with E-state index in [1.807, 2.05) is 61.5 Å². The maximum atomic E-state index is 12.8. The number of nitrogens with zero attached hydrogens (tertiary/aromatic N) is 2. The lowest BCUT2D eigenvalue weighted by Gasteiger charge is -2.16. The minimum Gasteiger partial charge on any atom is -0.418 e. The number of nitrogens with one attached hydrogen (secondary N) is 1. The van der Waals surface area contributed by atoms with Gasteiger partial charge in [-0.2, -0.15) is 0 Å². The van der Waals surface area contributed by atoms with Crippen molar-refractivity contribution in [3.8, 4) is 11.5 Å². The molecule has 1 N–H and O–H groups in total. The zero-order valence-electron chi connectivity index (χ0n) is 15.7. The van der Waals surface area contributed by atoms with Crippen LogP contribution in [-0.4, -0.2) is 16.1 Å². The molecule has 0 aliphatic carbocycles. The molecule has 1 aromatic heterocycles. The Hall–Kier alpha value is -3.44. The number of hydrogen-bond acceptors (Lipinski definition) is 4. The third-order valence-corrected chi connectivity index (χ3v) is 4.75. The van der Waals surface area contributed by atoms with E-state index in [0.717, 1.165) is 16.7 Å². The normalized spacial score (nSPS) is 11.8. The van der Waals surface area contributed by atoms with Gasteiger partial charge >= 0.3 is 0 Å². The van der Waals surface area contributed by atoms with E-state index in [0.29, 0.717) is 22.4 Å². The SMILES string of the molecule is Cc1ccc(C(=O)N[C@H](c2ccccc2)c2nnc(-c3ccc(Cl)cc3)o2)cc1. The van der Waals surface area contributed by atoms with E-state index in [1.54, 1.807) is 24.3 Å². The number of benzene rings is 3. The number of halogens is 1. The number of carbonyl (C=O) groups is 1. The van der Waals surface area contributed by atoms with Crippen molar-refractivity contribution < 1.29 is 9.21 Å². The molecule has 1 atom stereocenters. The van der Waals surface area contributed by atoms with Crippen molar-refractivity contribution in [1.29, 1.82) is 0 Å². The molecule has 3 aromatic carbocycles. The molecule has 0 unspecified atom stereocenters. The first-order chi connectivity index (χ1) is 14.1. The first kappa shape index (κ1) is 18.9. The van der Waals surface area contributed by atoms with Gasteiger partial charge in [-0.1, -0.05) is 59.6 Å². The van der Waals surface area contributed by atoms with Gasteiger partial charge in [0.25, 0.3) is 5.91 Å². The topological polar surface area (TPSA) is 68.0 Å². The van der Waals surface area contributed by atoms with Gasteiger partial charge in [0.2, 0.25) is 11.8 Å². The van der Waals surface area contributed by atoms with Crippen molar-refractivity contribution in [2.45, 2.75) is 13.0 Å². The Morgan fingerprint density at radius 2 is 1.62 bits per heavy atom. The monoisotopic (exact) mass is 403 g/mol. The van der Waals surface area contributed by atoms with Gasteiger partial charge in [-0.05, 0) is 48.9 Å². The van der Waals surface area contributed by atoms with Gasteiger partial charge in [0.15, 0.2) is 0 Å². The largest absolute Gasteiger partial charge is 0.418 e. The van der Waals surface area contributed by atoms with E-state index in [-0.39, 0.29) is 5.91 Å². The molecule has 4 aromatic rings. The predicted molar refractivity (Wildman–Crippen MR) is 112 cm³/mol. The number of aromatic nitrogens is 2. The van der Waals surface area contributed by atoms with Gasteiger partial charge in [0.05, 0.1) is 0 Å². The number of carbonyl (C=O) groups excluding carboxylic acids is 1. The van der Waals surface area contributed by atoms with Gasteiger partial charge in [-0.25, -0.2) is 0 Å². The molecule has 0 radical (unpaired) electrons. The van der Waals surface area contributed by atoms with Crippen LogP contribution in [0.5, 0.6) is 0 Å². The Morgan fingerprint density at radius 3 is 2.31 bits per heavy atom. The Labute approximate surface area is 173 Å². The van der Waals surface area contributed by atoms with Gasteiger partial charge in [0.1, 0.15) is 6.04 Å². The average Bonchev–Trinajstić information content (AvgIpc) is 3.23. The van der Waals surface area contributed by atoms with E-state index in [2.05, 4.69) is 15.5 Å². The van der Waals surface area contributed by atoms with Crippen LogP contribution in [0.2, 0.25) is 5.02 Å². The second kappa shape index (κ2) is 8.29. The molecule has 5 nitrogen and oxygen atoms in total. The highest BCUT2D eigenvalue weighted by Gasteiger charge is 2.24. The summed E-state index contributed by atoms with van der Waals surface area (Å²) in [5.41, 5.74) is 3.25. The van der Waals surface area contributed by atoms with Crippen LogP contribution in [0.3, 0.4) is 0 Å². The Morgan fingerprint density at radius 1 is 0.931 bits per heavy atom. The summed E-state index contributed by atoms with van der Waals surface area (Å²) in [5.74, 6) is 0.453. The van der Waals surface area contributed by atoms with E-state index >= 15 is 0 Å². The molecular formula is C23H18ClN3O2. The molecule has 6 heteroatoms. The average molecular weight is 404 g/mol. The van der Waals surface area contributed by atoms with Crippen LogP contribution in [-0.2, 0) is 0 Å². The summed E-state index contributed by atoms with van der Waals surface area (Å²) in [5, 5.41) is 12.0. The molecule has 0 aliphatic heterocycles. The highest BCUT2D eigenvalue weighted by atomic mass is 35.5. The van der Waals surface area contributed by atoms with E-state index in [4.69, 9.17) is 16.0 Å². The third kappa shape index (κ3) is 4.36. The highest BCUT2D eigenvalue weighted by molar-refractivity contribution is 6.30. The fourth-order valence-electron chi connectivity index (χ4n) is 2.91. The standard InChI is InChI=1S/C23H18ClN3O2/c1-15-7-9-17(10-8-15)21(28)25-20(16-5-3-2-4-6-16)23-27-26-22(29-23)18-11-13-19(24)14-12-18/h2-14,20H,1H3,(H,25,28)/t20-/m1/s1. The summed E-state index contributed by atoms with van der Waals surface area (Å²) < 4.78 is 5.90. The quantitative estimate of drug-likeness (QED) is 0.496. The molecule has 29 heavy (non-hydrogen) atoms. The van der Waals surface area contributed by atoms with Crippen molar-refractivity contribution in [3.05, 3.63) is 106 Å². The van der Waals surface area contributed by atoms with E-state index in [9.17, 15) is 4.79 Å². The van der Waals surface area contributed by atoms with Gasteiger partial charge in [-0.3, -0.25) is 4.79 Å². The number of rotatable bonds is 5. The number of aryl methyl sites for hydroxylation is 1. The fourth-order valence-corrected chi connectivity index (χ4v) is 3.04. The molecular weight excluding hydrogens is 386 g/mol. The summed E-state index contributed by atoms with van der Waals surface area (Å²) in [7, 11) is 0. The van der Waals surface area contributed by atoms with Crippen LogP contribution in [0.1, 0.15) is 33.4 Å². The fraction of sp³-hybridized carbons (Fsp3) is 0.0870. The summed E-state index contributed by atoms with van der Waals surface area (Å²) in [4.78, 5) is 12.8. The zero-order chi connectivity index (χ0) is 20.2. The van der Waals surface area contributed by atoms with E-state index < -0.39 is 6.04 Å². The van der Waals surface area contributed by atoms with Crippen molar-refractivity contribution in [2.75, 3.05) is 0 Å². The Kier molecular flexibility index (Phi) is 5.40. The molecule has 0 saturated carbocycles. The summed E-state index contributed by atoms with van der Waals surface area (Å²) in [6, 6.07) is 23.5. The van der Waals surface area contributed by atoms with Crippen LogP contribution in [0.25, 0.3) is 11.5 Å². The summed E-state index contributed by atoms with van der Waals surface area (Å²) in [6.07, 6.45) is 0. The molecule has 0 saturated heterocycles. The molecule has 0 fully saturated rings. The minimum absolute atomic E-state index is 0.218. The lowest BCUT2D eigenvalue weighted by Crippen LogP contribution is -2.29. The summed E-state index contributed by atoms with van der Waals surface area (Å²) >= 11 is 5.95. The number of hydrogen-bond donors (Lipinski definition) is 1. The van der Waals surface area contributed by atoms with Crippen molar-refractivity contribution in [1.82, 2.24) is 15.5 Å². The van der Waals surface area contributed by atoms with Crippen molar-refractivity contribution >= 4 is 17.5 Å². The molecule has 144 valence electrons. The zero-order valence-corrected chi connectivity index (χ0v) is 16.4. The Bertz CT molecular complexity index is 1110. The lowest BCUT2D eigenvalue weighted by molar-refractivity contribution is 0.0938. The van der Waals surface area contributed by atoms with Gasteiger partial charge in [-0.15, -0.1) is 10.2 Å². The van der Waals surface area contributed by atoms with Crippen molar-refractivity contribution in [3.63, 3.8) is 0 Å². The number of amides is 1. The van der Waals surface area contributed by atoms with Crippen LogP contribution >= 0.6 is 11.6 Å². The van der Waals surface area contributed by atoms with Crippen LogP contribution < -0.4 is 5.32 Å². The molecule has 1 heterocycles. The molecule has 4 rings (SSSR count). The predicted octanol–water partition coefficient (Wildman–Crippen LogP) is 5.22. The van der Waals surface area contributed by atoms with Crippen LogP contribution in [0.4, 0.5) is 0 Å². The second-order valence-electron chi connectivity index (χ2n) is 6.64. The smallest absolute Gasteiger partial charge is 0.252 e. The lowest BCUT2D eigenvalue weighted by atomic mass is 10.1. The maximum absolute atomic E-state index is 12.8. The second-order valence-corrected chi connectivity index (χ2v) is 7.07. The van der Waals surface area contributed by atoms with Crippen LogP contribution in [0, 0.1) is 6.92 Å². The van der Waals surface area contributed by atoms with Gasteiger partial charge in [0, 0.05) is 16.1 Å². The Balaban J connectivity index is 1.65.